The first-order chi connectivity index (χ1) is 14.1. The summed E-state index contributed by atoms with van der Waals surface area (Å²) >= 11 is 0. The summed E-state index contributed by atoms with van der Waals surface area (Å²) in [6.45, 7) is 7.56. The SMILES string of the molecule is COc1ccc2c3c([nH]c2c1)[C@H](CC(C)C)N1C(=O)[C@H](CC(C)(C)O)NC(=O)[C@@H]1C3. The van der Waals surface area contributed by atoms with Gasteiger partial charge in [0.2, 0.25) is 11.8 Å². The number of hydrogen-bond donors (Lipinski definition) is 3. The molecule has 2 aromatic rings. The number of amides is 2. The Balaban J connectivity index is 1.81. The summed E-state index contributed by atoms with van der Waals surface area (Å²) in [5.41, 5.74) is 2.01. The van der Waals surface area contributed by atoms with Gasteiger partial charge in [-0.25, -0.2) is 0 Å². The van der Waals surface area contributed by atoms with E-state index in [1.165, 1.54) is 0 Å². The van der Waals surface area contributed by atoms with Gasteiger partial charge < -0.3 is 25.0 Å². The van der Waals surface area contributed by atoms with E-state index in [0.717, 1.165) is 34.3 Å². The van der Waals surface area contributed by atoms with Crippen LogP contribution in [0.5, 0.6) is 5.75 Å². The fraction of sp³-hybridized carbons (Fsp3) is 0.565. The number of H-pyrrole nitrogens is 1. The second kappa shape index (κ2) is 7.30. The highest BCUT2D eigenvalue weighted by Crippen LogP contribution is 2.42. The van der Waals surface area contributed by atoms with Gasteiger partial charge in [-0.15, -0.1) is 0 Å². The van der Waals surface area contributed by atoms with Crippen LogP contribution < -0.4 is 10.1 Å². The van der Waals surface area contributed by atoms with Gasteiger partial charge in [0.25, 0.3) is 0 Å². The molecule has 162 valence electrons. The van der Waals surface area contributed by atoms with Crippen molar-refractivity contribution in [1.82, 2.24) is 15.2 Å². The fourth-order valence-electron chi connectivity index (χ4n) is 4.89. The number of benzene rings is 1. The first-order valence-corrected chi connectivity index (χ1v) is 10.6. The lowest BCUT2D eigenvalue weighted by Gasteiger charge is -2.47. The number of fused-ring (bicyclic) bond motifs is 4. The van der Waals surface area contributed by atoms with Crippen LogP contribution in [0.3, 0.4) is 0 Å². The van der Waals surface area contributed by atoms with Crippen LogP contribution in [0.4, 0.5) is 0 Å². The Morgan fingerprint density at radius 1 is 1.30 bits per heavy atom. The van der Waals surface area contributed by atoms with Crippen molar-refractivity contribution < 1.29 is 19.4 Å². The van der Waals surface area contributed by atoms with Gasteiger partial charge in [0.05, 0.1) is 18.8 Å². The number of carbonyl (C=O) groups is 2. The summed E-state index contributed by atoms with van der Waals surface area (Å²) < 4.78 is 5.36. The zero-order valence-corrected chi connectivity index (χ0v) is 18.3. The van der Waals surface area contributed by atoms with Gasteiger partial charge in [-0.3, -0.25) is 9.59 Å². The fourth-order valence-corrected chi connectivity index (χ4v) is 4.89. The molecule has 7 nitrogen and oxygen atoms in total. The molecule has 2 aliphatic rings. The van der Waals surface area contributed by atoms with Crippen LogP contribution in [-0.4, -0.2) is 51.6 Å². The monoisotopic (exact) mass is 413 g/mol. The van der Waals surface area contributed by atoms with Crippen molar-refractivity contribution in [2.45, 2.75) is 70.7 Å². The molecule has 1 fully saturated rings. The van der Waals surface area contributed by atoms with Crippen molar-refractivity contribution in [1.29, 1.82) is 0 Å². The summed E-state index contributed by atoms with van der Waals surface area (Å²) in [4.78, 5) is 31.8. The molecule has 1 aromatic heterocycles. The van der Waals surface area contributed by atoms with Crippen LogP contribution in [0.25, 0.3) is 10.9 Å². The summed E-state index contributed by atoms with van der Waals surface area (Å²) in [6.07, 6.45) is 1.41. The number of ether oxygens (including phenoxy) is 1. The van der Waals surface area contributed by atoms with E-state index in [1.807, 2.05) is 18.2 Å². The molecule has 1 aromatic carbocycles. The molecule has 0 saturated carbocycles. The molecular formula is C23H31N3O4. The first kappa shape index (κ1) is 20.7. The molecule has 0 radical (unpaired) electrons. The lowest BCUT2D eigenvalue weighted by Crippen LogP contribution is -2.66. The molecule has 2 amide bonds. The summed E-state index contributed by atoms with van der Waals surface area (Å²) in [7, 11) is 1.64. The quantitative estimate of drug-likeness (QED) is 0.702. The van der Waals surface area contributed by atoms with E-state index in [1.54, 1.807) is 25.9 Å². The number of rotatable bonds is 5. The van der Waals surface area contributed by atoms with Gasteiger partial charge in [-0.2, -0.15) is 0 Å². The minimum Gasteiger partial charge on any atom is -0.497 e. The van der Waals surface area contributed by atoms with Gasteiger partial charge in [0, 0.05) is 35.5 Å². The normalized spacial score (nSPS) is 24.1. The third-order valence-electron chi connectivity index (χ3n) is 6.12. The van der Waals surface area contributed by atoms with E-state index in [9.17, 15) is 14.7 Å². The van der Waals surface area contributed by atoms with Crippen LogP contribution >= 0.6 is 0 Å². The Bertz CT molecular complexity index is 988. The average Bonchev–Trinajstić information content (AvgIpc) is 3.02. The first-order valence-electron chi connectivity index (χ1n) is 10.6. The maximum atomic E-state index is 13.5. The number of nitrogens with zero attached hydrogens (tertiary/aromatic N) is 1. The second-order valence-electron chi connectivity index (χ2n) is 9.62. The van der Waals surface area contributed by atoms with Crippen molar-refractivity contribution in [2.75, 3.05) is 7.11 Å². The minimum atomic E-state index is -1.05. The molecule has 7 heteroatoms. The van der Waals surface area contributed by atoms with Gasteiger partial charge >= 0.3 is 0 Å². The molecule has 0 spiro atoms. The molecule has 0 unspecified atom stereocenters. The van der Waals surface area contributed by atoms with Crippen LogP contribution in [0.2, 0.25) is 0 Å². The van der Waals surface area contributed by atoms with Crippen molar-refractivity contribution in [2.24, 2.45) is 5.92 Å². The van der Waals surface area contributed by atoms with Crippen molar-refractivity contribution in [3.8, 4) is 5.75 Å². The van der Waals surface area contributed by atoms with Crippen LogP contribution in [-0.2, 0) is 16.0 Å². The lowest BCUT2D eigenvalue weighted by atomic mass is 9.84. The van der Waals surface area contributed by atoms with Crippen LogP contribution in [0.15, 0.2) is 18.2 Å². The standard InChI is InChI=1S/C23H31N3O4/c1-12(2)8-18-20-15(14-7-6-13(30-5)9-16(14)24-20)10-19-21(27)25-17(11-23(3,4)29)22(28)26(18)19/h6-7,9,12,17-19,24,29H,8,10-11H2,1-5H3,(H,25,27)/t17-,18-,19-/m0/s1. The largest absolute Gasteiger partial charge is 0.497 e. The van der Waals surface area contributed by atoms with E-state index in [0.29, 0.717) is 12.3 Å². The number of aromatic amines is 1. The number of aliphatic hydroxyl groups is 1. The molecule has 0 bridgehead atoms. The molecule has 4 rings (SSSR count). The van der Waals surface area contributed by atoms with Crippen LogP contribution in [0.1, 0.15) is 57.8 Å². The Hall–Kier alpha value is -2.54. The van der Waals surface area contributed by atoms with E-state index in [2.05, 4.69) is 24.1 Å². The highest BCUT2D eigenvalue weighted by molar-refractivity contribution is 5.99. The Morgan fingerprint density at radius 2 is 2.03 bits per heavy atom. The van der Waals surface area contributed by atoms with E-state index in [-0.39, 0.29) is 24.3 Å². The van der Waals surface area contributed by atoms with E-state index >= 15 is 0 Å². The highest BCUT2D eigenvalue weighted by atomic mass is 16.5. The third kappa shape index (κ3) is 3.55. The molecular weight excluding hydrogens is 382 g/mol. The smallest absolute Gasteiger partial charge is 0.246 e. The molecule has 3 atom stereocenters. The Morgan fingerprint density at radius 3 is 2.67 bits per heavy atom. The zero-order valence-electron chi connectivity index (χ0n) is 18.3. The Kier molecular flexibility index (Phi) is 5.04. The highest BCUT2D eigenvalue weighted by Gasteiger charge is 2.49. The predicted octanol–water partition coefficient (Wildman–Crippen LogP) is 2.68. The number of methoxy groups -OCH3 is 1. The molecule has 1 saturated heterocycles. The number of aromatic nitrogens is 1. The number of carbonyl (C=O) groups excluding carboxylic acids is 2. The van der Waals surface area contributed by atoms with Crippen LogP contribution in [0, 0.1) is 5.92 Å². The molecule has 3 N–H and O–H groups in total. The van der Waals surface area contributed by atoms with Gasteiger partial charge in [-0.1, -0.05) is 13.8 Å². The number of hydrogen-bond acceptors (Lipinski definition) is 4. The predicted molar refractivity (Wildman–Crippen MR) is 114 cm³/mol. The zero-order chi connectivity index (χ0) is 21.8. The van der Waals surface area contributed by atoms with E-state index < -0.39 is 17.7 Å². The summed E-state index contributed by atoms with van der Waals surface area (Å²) in [5.74, 6) is 0.840. The lowest BCUT2D eigenvalue weighted by molar-refractivity contribution is -0.155. The maximum Gasteiger partial charge on any atom is 0.246 e. The van der Waals surface area contributed by atoms with Gasteiger partial charge in [0.1, 0.15) is 17.8 Å². The topological polar surface area (TPSA) is 94.7 Å². The van der Waals surface area contributed by atoms with Crippen molar-refractivity contribution in [3.05, 3.63) is 29.5 Å². The summed E-state index contributed by atoms with van der Waals surface area (Å²) in [5, 5.41) is 14.2. The number of piperazine rings is 1. The second-order valence-corrected chi connectivity index (χ2v) is 9.62. The average molecular weight is 414 g/mol. The third-order valence-corrected chi connectivity index (χ3v) is 6.12. The maximum absolute atomic E-state index is 13.5. The molecule has 0 aliphatic carbocycles. The molecule has 30 heavy (non-hydrogen) atoms. The minimum absolute atomic E-state index is 0.116. The van der Waals surface area contributed by atoms with Crippen molar-refractivity contribution in [3.63, 3.8) is 0 Å². The van der Waals surface area contributed by atoms with Gasteiger partial charge in [0.15, 0.2) is 0 Å². The van der Waals surface area contributed by atoms with Gasteiger partial charge in [-0.05, 0) is 43.9 Å². The summed E-state index contributed by atoms with van der Waals surface area (Å²) in [6, 6.07) is 4.44. The van der Waals surface area contributed by atoms with Crippen molar-refractivity contribution >= 4 is 22.7 Å². The van der Waals surface area contributed by atoms with E-state index in [4.69, 9.17) is 4.74 Å². The molecule has 3 heterocycles. The Labute approximate surface area is 176 Å². The number of nitrogens with one attached hydrogen (secondary N) is 2. The molecule has 2 aliphatic heterocycles.